The van der Waals surface area contributed by atoms with Gasteiger partial charge in [-0.2, -0.15) is 0 Å². The summed E-state index contributed by atoms with van der Waals surface area (Å²) in [4.78, 5) is 17.7. The van der Waals surface area contributed by atoms with Gasteiger partial charge in [0.2, 0.25) is 0 Å². The minimum Gasteiger partial charge on any atom is -0.497 e. The van der Waals surface area contributed by atoms with Crippen molar-refractivity contribution in [2.75, 3.05) is 7.11 Å². The number of aromatic amines is 1. The van der Waals surface area contributed by atoms with Gasteiger partial charge in [-0.3, -0.25) is 9.36 Å². The molecule has 6 heteroatoms. The average molecular weight is 332 g/mol. The van der Waals surface area contributed by atoms with Crippen molar-refractivity contribution >= 4 is 33.8 Å². The summed E-state index contributed by atoms with van der Waals surface area (Å²) >= 11 is 6.88. The van der Waals surface area contributed by atoms with Crippen molar-refractivity contribution < 1.29 is 4.74 Å². The summed E-state index contributed by atoms with van der Waals surface area (Å²) in [7, 11) is 1.64. The number of methoxy groups -OCH3 is 1. The number of benzene rings is 1. The van der Waals surface area contributed by atoms with Crippen molar-refractivity contribution in [2.45, 2.75) is 19.9 Å². The van der Waals surface area contributed by atoms with E-state index in [2.05, 4.69) is 4.98 Å². The molecule has 0 spiro atoms. The first-order chi connectivity index (χ1) is 10.6. The molecule has 0 saturated carbocycles. The van der Waals surface area contributed by atoms with E-state index in [-0.39, 0.29) is 5.56 Å². The molecule has 0 unspecified atom stereocenters. The molecule has 0 radical (unpaired) electrons. The Bertz CT molecular complexity index is 920. The van der Waals surface area contributed by atoms with Gasteiger partial charge >= 0.3 is 0 Å². The van der Waals surface area contributed by atoms with Crippen molar-refractivity contribution in [3.8, 4) is 5.75 Å². The molecule has 0 fully saturated rings. The zero-order valence-corrected chi connectivity index (χ0v) is 14.0. The molecule has 2 heterocycles. The number of thiophene rings is 1. The zero-order chi connectivity index (χ0) is 15.7. The summed E-state index contributed by atoms with van der Waals surface area (Å²) in [5, 5.41) is 0.714. The first-order valence-electron chi connectivity index (χ1n) is 6.94. The molecule has 0 aliphatic carbocycles. The van der Waals surface area contributed by atoms with Crippen LogP contribution in [0.5, 0.6) is 5.75 Å². The van der Waals surface area contributed by atoms with Crippen LogP contribution in [0.1, 0.15) is 10.4 Å². The largest absolute Gasteiger partial charge is 0.497 e. The second-order valence-electron chi connectivity index (χ2n) is 5.08. The highest BCUT2D eigenvalue weighted by Gasteiger charge is 2.08. The SMILES string of the molecule is COc1ccc(CCn2c(=S)[nH]c3sc(C)cc3c2=O)cc1. The van der Waals surface area contributed by atoms with Crippen LogP contribution in [-0.4, -0.2) is 16.7 Å². The second-order valence-corrected chi connectivity index (χ2v) is 6.73. The smallest absolute Gasteiger partial charge is 0.263 e. The van der Waals surface area contributed by atoms with E-state index in [0.717, 1.165) is 27.4 Å². The number of aromatic nitrogens is 2. The van der Waals surface area contributed by atoms with Crippen molar-refractivity contribution in [1.29, 1.82) is 0 Å². The summed E-state index contributed by atoms with van der Waals surface area (Å²) in [6, 6.07) is 9.76. The average Bonchev–Trinajstić information content (AvgIpc) is 2.88. The summed E-state index contributed by atoms with van der Waals surface area (Å²) in [6.07, 6.45) is 0.746. The fourth-order valence-electron chi connectivity index (χ4n) is 2.40. The highest BCUT2D eigenvalue weighted by atomic mass is 32.1. The Morgan fingerprint density at radius 1 is 1.32 bits per heavy atom. The standard InChI is InChI=1S/C16H16N2O2S2/c1-10-9-13-14(22-10)17-16(21)18(15(13)19)8-7-11-3-5-12(20-2)6-4-11/h3-6,9H,7-8H2,1-2H3,(H,17,21). The second kappa shape index (κ2) is 6.06. The van der Waals surface area contributed by atoms with Gasteiger partial charge in [0, 0.05) is 11.4 Å². The highest BCUT2D eigenvalue weighted by Crippen LogP contribution is 2.20. The molecule has 0 amide bonds. The number of nitrogens with one attached hydrogen (secondary N) is 1. The lowest BCUT2D eigenvalue weighted by atomic mass is 10.1. The van der Waals surface area contributed by atoms with Crippen LogP contribution in [0.3, 0.4) is 0 Å². The molecule has 0 aliphatic heterocycles. The van der Waals surface area contributed by atoms with Gasteiger partial charge in [0.1, 0.15) is 10.6 Å². The van der Waals surface area contributed by atoms with E-state index in [1.165, 1.54) is 0 Å². The maximum absolute atomic E-state index is 12.5. The van der Waals surface area contributed by atoms with E-state index >= 15 is 0 Å². The van der Waals surface area contributed by atoms with E-state index in [1.54, 1.807) is 23.0 Å². The third kappa shape index (κ3) is 2.84. The summed E-state index contributed by atoms with van der Waals surface area (Å²) in [5.41, 5.74) is 1.13. The van der Waals surface area contributed by atoms with E-state index < -0.39 is 0 Å². The Morgan fingerprint density at radius 2 is 2.05 bits per heavy atom. The van der Waals surface area contributed by atoms with Crippen molar-refractivity contribution in [3.05, 3.63) is 55.9 Å². The van der Waals surface area contributed by atoms with Crippen LogP contribution in [-0.2, 0) is 13.0 Å². The summed E-state index contributed by atoms with van der Waals surface area (Å²) in [6.45, 7) is 2.55. The van der Waals surface area contributed by atoms with Gasteiger partial charge in [0.15, 0.2) is 4.77 Å². The third-order valence-corrected chi connectivity index (χ3v) is 4.87. The topological polar surface area (TPSA) is 47.0 Å². The van der Waals surface area contributed by atoms with Crippen LogP contribution in [0.25, 0.3) is 10.2 Å². The predicted octanol–water partition coefficient (Wildman–Crippen LogP) is 3.68. The number of hydrogen-bond donors (Lipinski definition) is 1. The Kier molecular flexibility index (Phi) is 4.13. The number of aryl methyl sites for hydroxylation is 2. The van der Waals surface area contributed by atoms with Gasteiger partial charge < -0.3 is 9.72 Å². The van der Waals surface area contributed by atoms with Gasteiger partial charge in [-0.05, 0) is 49.3 Å². The fourth-order valence-corrected chi connectivity index (χ4v) is 3.65. The molecule has 3 rings (SSSR count). The lowest BCUT2D eigenvalue weighted by molar-refractivity contribution is 0.414. The minimum atomic E-state index is -0.0170. The third-order valence-electron chi connectivity index (χ3n) is 3.58. The summed E-state index contributed by atoms with van der Waals surface area (Å²) in [5.74, 6) is 0.827. The quantitative estimate of drug-likeness (QED) is 0.741. The van der Waals surface area contributed by atoms with Crippen molar-refractivity contribution in [3.63, 3.8) is 0 Å². The van der Waals surface area contributed by atoms with Gasteiger partial charge in [-0.15, -0.1) is 11.3 Å². The molecule has 0 atom stereocenters. The number of hydrogen-bond acceptors (Lipinski definition) is 4. The normalized spacial score (nSPS) is 11.0. The van der Waals surface area contributed by atoms with Crippen molar-refractivity contribution in [2.24, 2.45) is 0 Å². The summed E-state index contributed by atoms with van der Waals surface area (Å²) < 4.78 is 7.26. The number of ether oxygens (including phenoxy) is 1. The molecule has 3 aromatic rings. The fraction of sp³-hybridized carbons (Fsp3) is 0.250. The lowest BCUT2D eigenvalue weighted by Gasteiger charge is -2.07. The number of fused-ring (bicyclic) bond motifs is 1. The maximum atomic E-state index is 12.5. The zero-order valence-electron chi connectivity index (χ0n) is 12.4. The molecule has 1 aromatic carbocycles. The van der Waals surface area contributed by atoms with Crippen LogP contribution in [0.4, 0.5) is 0 Å². The van der Waals surface area contributed by atoms with E-state index in [4.69, 9.17) is 17.0 Å². The van der Waals surface area contributed by atoms with Gasteiger partial charge in [0.05, 0.1) is 12.5 Å². The van der Waals surface area contributed by atoms with E-state index in [1.807, 2.05) is 37.3 Å². The van der Waals surface area contributed by atoms with Crippen LogP contribution >= 0.6 is 23.6 Å². The molecule has 114 valence electrons. The number of nitrogens with zero attached hydrogens (tertiary/aromatic N) is 1. The Labute approximate surface area is 137 Å². The molecule has 0 aliphatic rings. The van der Waals surface area contributed by atoms with Gasteiger partial charge in [0.25, 0.3) is 5.56 Å². The molecular weight excluding hydrogens is 316 g/mol. The molecule has 2 aromatic heterocycles. The first kappa shape index (κ1) is 15.0. The molecule has 0 bridgehead atoms. The lowest BCUT2D eigenvalue weighted by Crippen LogP contribution is -2.22. The Morgan fingerprint density at radius 3 is 2.73 bits per heavy atom. The molecule has 22 heavy (non-hydrogen) atoms. The van der Waals surface area contributed by atoms with Gasteiger partial charge in [-0.1, -0.05) is 12.1 Å². The maximum Gasteiger partial charge on any atom is 0.263 e. The van der Waals surface area contributed by atoms with E-state index in [0.29, 0.717) is 16.7 Å². The number of H-pyrrole nitrogens is 1. The van der Waals surface area contributed by atoms with Crippen molar-refractivity contribution in [1.82, 2.24) is 9.55 Å². The minimum absolute atomic E-state index is 0.0170. The monoisotopic (exact) mass is 332 g/mol. The molecule has 4 nitrogen and oxygen atoms in total. The van der Waals surface area contributed by atoms with Crippen LogP contribution < -0.4 is 10.3 Å². The Balaban J connectivity index is 1.90. The van der Waals surface area contributed by atoms with Crippen LogP contribution in [0.15, 0.2) is 35.1 Å². The Hall–Kier alpha value is -1.92. The molecule has 1 N–H and O–H groups in total. The highest BCUT2D eigenvalue weighted by molar-refractivity contribution is 7.71. The van der Waals surface area contributed by atoms with E-state index in [9.17, 15) is 4.79 Å². The molecular formula is C16H16N2O2S2. The number of rotatable bonds is 4. The van der Waals surface area contributed by atoms with Crippen LogP contribution in [0, 0.1) is 11.7 Å². The van der Waals surface area contributed by atoms with Crippen LogP contribution in [0.2, 0.25) is 0 Å². The predicted molar refractivity (Wildman–Crippen MR) is 92.7 cm³/mol. The van der Waals surface area contributed by atoms with Gasteiger partial charge in [-0.25, -0.2) is 0 Å². The molecule has 0 saturated heterocycles. The first-order valence-corrected chi connectivity index (χ1v) is 8.17.